The van der Waals surface area contributed by atoms with E-state index in [4.69, 9.17) is 17.0 Å². The highest BCUT2D eigenvalue weighted by Gasteiger charge is 2.03. The van der Waals surface area contributed by atoms with Crippen LogP contribution in [-0.4, -0.2) is 17.9 Å². The lowest BCUT2D eigenvalue weighted by atomic mass is 10.1. The molecule has 0 spiro atoms. The van der Waals surface area contributed by atoms with Gasteiger partial charge in [-0.3, -0.25) is 5.43 Å². The van der Waals surface area contributed by atoms with E-state index in [1.807, 2.05) is 63.2 Å². The van der Waals surface area contributed by atoms with E-state index >= 15 is 0 Å². The topological polar surface area (TPSA) is 45.6 Å². The largest absolute Gasteiger partial charge is 0.493 e. The van der Waals surface area contributed by atoms with Crippen LogP contribution in [0.25, 0.3) is 0 Å². The van der Waals surface area contributed by atoms with Crippen LogP contribution in [0.3, 0.4) is 0 Å². The first kappa shape index (κ1) is 17.0. The lowest BCUT2D eigenvalue weighted by Gasteiger charge is -2.12. The van der Waals surface area contributed by atoms with Gasteiger partial charge in [-0.15, -0.1) is 0 Å². The molecular formula is C18H21N3OS. The number of nitrogens with zero attached hydrogens (tertiary/aromatic N) is 1. The maximum absolute atomic E-state index is 5.55. The number of thiocarbonyl (C=S) groups is 1. The van der Waals surface area contributed by atoms with E-state index in [9.17, 15) is 0 Å². The Labute approximate surface area is 142 Å². The number of para-hydroxylation sites is 2. The Morgan fingerprint density at radius 3 is 2.52 bits per heavy atom. The van der Waals surface area contributed by atoms with Crippen molar-refractivity contribution in [2.24, 2.45) is 5.10 Å². The molecule has 2 aromatic rings. The Balaban J connectivity index is 1.99. The summed E-state index contributed by atoms with van der Waals surface area (Å²) in [6.45, 7) is 6.65. The molecule has 0 fully saturated rings. The van der Waals surface area contributed by atoms with Crippen LogP contribution in [0.2, 0.25) is 0 Å². The van der Waals surface area contributed by atoms with Gasteiger partial charge in [-0.2, -0.15) is 5.10 Å². The maximum Gasteiger partial charge on any atom is 0.191 e. The molecule has 2 aromatic carbocycles. The van der Waals surface area contributed by atoms with Gasteiger partial charge in [0.05, 0.1) is 12.8 Å². The summed E-state index contributed by atoms with van der Waals surface area (Å²) >= 11 is 5.29. The zero-order chi connectivity index (χ0) is 16.7. The Hall–Kier alpha value is -2.40. The van der Waals surface area contributed by atoms with Gasteiger partial charge in [-0.05, 0) is 56.2 Å². The summed E-state index contributed by atoms with van der Waals surface area (Å²) < 4.78 is 5.55. The van der Waals surface area contributed by atoms with Crippen molar-refractivity contribution in [1.82, 2.24) is 5.43 Å². The van der Waals surface area contributed by atoms with Crippen LogP contribution >= 0.6 is 12.2 Å². The van der Waals surface area contributed by atoms with Crippen LogP contribution in [0.5, 0.6) is 5.75 Å². The van der Waals surface area contributed by atoms with Crippen LogP contribution in [0.15, 0.2) is 47.6 Å². The maximum atomic E-state index is 5.55. The number of nitrogens with one attached hydrogen (secondary N) is 2. The zero-order valence-corrected chi connectivity index (χ0v) is 14.4. The monoisotopic (exact) mass is 327 g/mol. The molecule has 0 radical (unpaired) electrons. The highest BCUT2D eigenvalue weighted by molar-refractivity contribution is 7.80. The summed E-state index contributed by atoms with van der Waals surface area (Å²) in [6, 6.07) is 13.8. The van der Waals surface area contributed by atoms with Crippen LogP contribution in [-0.2, 0) is 0 Å². The van der Waals surface area contributed by atoms with E-state index in [0.717, 1.165) is 28.1 Å². The first-order chi connectivity index (χ1) is 11.1. The third-order valence-electron chi connectivity index (χ3n) is 3.31. The molecule has 0 saturated heterocycles. The first-order valence-corrected chi connectivity index (χ1v) is 7.90. The lowest BCUT2D eigenvalue weighted by Crippen LogP contribution is -2.24. The zero-order valence-electron chi connectivity index (χ0n) is 13.6. The van der Waals surface area contributed by atoms with Crippen LogP contribution in [0, 0.1) is 13.8 Å². The van der Waals surface area contributed by atoms with Gasteiger partial charge in [0, 0.05) is 11.3 Å². The van der Waals surface area contributed by atoms with Crippen LogP contribution < -0.4 is 15.5 Å². The molecule has 0 saturated carbocycles. The van der Waals surface area contributed by atoms with E-state index in [1.165, 1.54) is 0 Å². The molecule has 0 atom stereocenters. The third kappa shape index (κ3) is 4.79. The minimum Gasteiger partial charge on any atom is -0.493 e. The molecule has 0 aromatic heterocycles. The van der Waals surface area contributed by atoms with Gasteiger partial charge in [-0.25, -0.2) is 0 Å². The van der Waals surface area contributed by atoms with Crippen molar-refractivity contribution in [3.63, 3.8) is 0 Å². The van der Waals surface area contributed by atoms with Crippen molar-refractivity contribution in [3.8, 4) is 5.75 Å². The number of hydrogen-bond donors (Lipinski definition) is 2. The van der Waals surface area contributed by atoms with E-state index < -0.39 is 0 Å². The fourth-order valence-electron chi connectivity index (χ4n) is 2.19. The first-order valence-electron chi connectivity index (χ1n) is 7.50. The third-order valence-corrected chi connectivity index (χ3v) is 3.50. The number of anilines is 1. The van der Waals surface area contributed by atoms with E-state index in [2.05, 4.69) is 15.8 Å². The number of benzene rings is 2. The van der Waals surface area contributed by atoms with Gasteiger partial charge in [0.1, 0.15) is 5.75 Å². The van der Waals surface area contributed by atoms with Gasteiger partial charge < -0.3 is 10.1 Å². The molecule has 2 rings (SSSR count). The predicted octanol–water partition coefficient (Wildman–Crippen LogP) is 4.02. The Kier molecular flexibility index (Phi) is 6.11. The quantitative estimate of drug-likeness (QED) is 0.494. The average Bonchev–Trinajstić information content (AvgIpc) is 2.53. The molecule has 23 heavy (non-hydrogen) atoms. The minimum absolute atomic E-state index is 0.451. The number of aryl methyl sites for hydroxylation is 2. The average molecular weight is 327 g/mol. The van der Waals surface area contributed by atoms with Crippen molar-refractivity contribution in [2.75, 3.05) is 11.9 Å². The van der Waals surface area contributed by atoms with Crippen molar-refractivity contribution in [1.29, 1.82) is 0 Å². The number of ether oxygens (including phenoxy) is 1. The highest BCUT2D eigenvalue weighted by atomic mass is 32.1. The van der Waals surface area contributed by atoms with E-state index in [-0.39, 0.29) is 0 Å². The second-order valence-electron chi connectivity index (χ2n) is 5.06. The molecule has 0 aliphatic rings. The summed E-state index contributed by atoms with van der Waals surface area (Å²) in [7, 11) is 0. The molecule has 0 amide bonds. The minimum atomic E-state index is 0.451. The normalized spacial score (nSPS) is 10.6. The Morgan fingerprint density at radius 2 is 1.83 bits per heavy atom. The standard InChI is InChI=1S/C18H21N3OS/c1-4-22-16-11-6-5-10-15(16)12-19-21-18(23)20-17-13(2)8-7-9-14(17)3/h5-12H,4H2,1-3H3,(H2,20,21,23)/b19-12-. The van der Waals surface area contributed by atoms with E-state index in [0.29, 0.717) is 11.7 Å². The van der Waals surface area contributed by atoms with Crippen LogP contribution in [0.1, 0.15) is 23.6 Å². The highest BCUT2D eigenvalue weighted by Crippen LogP contribution is 2.19. The molecule has 0 aliphatic heterocycles. The van der Waals surface area contributed by atoms with Gasteiger partial charge in [0.15, 0.2) is 5.11 Å². The molecule has 2 N–H and O–H groups in total. The Morgan fingerprint density at radius 1 is 1.13 bits per heavy atom. The van der Waals surface area contributed by atoms with Crippen molar-refractivity contribution in [3.05, 3.63) is 59.2 Å². The van der Waals surface area contributed by atoms with Crippen molar-refractivity contribution >= 4 is 29.2 Å². The SMILES string of the molecule is CCOc1ccccc1/C=N\NC(=S)Nc1c(C)cccc1C. The number of rotatable bonds is 5. The second-order valence-corrected chi connectivity index (χ2v) is 5.47. The van der Waals surface area contributed by atoms with Gasteiger partial charge in [0.25, 0.3) is 0 Å². The molecule has 120 valence electrons. The van der Waals surface area contributed by atoms with Crippen molar-refractivity contribution < 1.29 is 4.74 Å². The fourth-order valence-corrected chi connectivity index (χ4v) is 2.34. The number of hydrogen-bond acceptors (Lipinski definition) is 3. The van der Waals surface area contributed by atoms with Crippen molar-refractivity contribution in [2.45, 2.75) is 20.8 Å². The smallest absolute Gasteiger partial charge is 0.191 e. The number of hydrazone groups is 1. The molecule has 0 unspecified atom stereocenters. The van der Waals surface area contributed by atoms with E-state index in [1.54, 1.807) is 6.21 Å². The summed E-state index contributed by atoms with van der Waals surface area (Å²) in [5, 5.41) is 7.81. The van der Waals surface area contributed by atoms with Gasteiger partial charge >= 0.3 is 0 Å². The van der Waals surface area contributed by atoms with Gasteiger partial charge in [-0.1, -0.05) is 30.3 Å². The molecule has 0 heterocycles. The molecule has 5 heteroatoms. The summed E-state index contributed by atoms with van der Waals surface area (Å²) in [5.41, 5.74) is 7.02. The predicted molar refractivity (Wildman–Crippen MR) is 100 cm³/mol. The fraction of sp³-hybridized carbons (Fsp3) is 0.222. The molecular weight excluding hydrogens is 306 g/mol. The summed E-state index contributed by atoms with van der Waals surface area (Å²) in [4.78, 5) is 0. The Bertz CT molecular complexity index is 693. The molecule has 0 aliphatic carbocycles. The molecule has 0 bridgehead atoms. The summed E-state index contributed by atoms with van der Waals surface area (Å²) in [5.74, 6) is 0.800. The van der Waals surface area contributed by atoms with Crippen LogP contribution in [0.4, 0.5) is 5.69 Å². The molecule has 4 nitrogen and oxygen atoms in total. The lowest BCUT2D eigenvalue weighted by molar-refractivity contribution is 0.340. The van der Waals surface area contributed by atoms with Gasteiger partial charge in [0.2, 0.25) is 0 Å². The second kappa shape index (κ2) is 8.29. The summed E-state index contributed by atoms with van der Waals surface area (Å²) in [6.07, 6.45) is 1.70.